The van der Waals surface area contributed by atoms with Gasteiger partial charge in [-0.05, 0) is 38.8 Å². The van der Waals surface area contributed by atoms with Gasteiger partial charge in [-0.25, -0.2) is 41.1 Å². The maximum absolute atomic E-state index is 15.7. The predicted molar refractivity (Wildman–Crippen MR) is 150 cm³/mol. The van der Waals surface area contributed by atoms with Crippen molar-refractivity contribution in [2.24, 2.45) is 0 Å². The minimum atomic E-state index is -4.26. The minimum absolute atomic E-state index is 0.0155. The van der Waals surface area contributed by atoms with Gasteiger partial charge >= 0.3 is 6.03 Å². The van der Waals surface area contributed by atoms with Gasteiger partial charge in [0.15, 0.2) is 10.7 Å². The topological polar surface area (TPSA) is 129 Å². The minimum Gasteiger partial charge on any atom is -0.352 e. The van der Waals surface area contributed by atoms with Crippen LogP contribution in [0.4, 0.5) is 23.8 Å². The molecule has 3 aromatic heterocycles. The zero-order chi connectivity index (χ0) is 30.1. The summed E-state index contributed by atoms with van der Waals surface area (Å²) in [6, 6.07) is 1.97. The van der Waals surface area contributed by atoms with E-state index in [2.05, 4.69) is 24.9 Å². The van der Waals surface area contributed by atoms with Crippen LogP contribution in [0.1, 0.15) is 38.1 Å². The van der Waals surface area contributed by atoms with Crippen molar-refractivity contribution in [2.75, 3.05) is 38.6 Å². The van der Waals surface area contributed by atoms with E-state index in [1.165, 1.54) is 21.9 Å². The fourth-order valence-corrected chi connectivity index (χ4v) is 7.48. The SMILES string of the molecule is C[C@H]1CN(c2ncnc3c2c2cc(F)c(S(=O)(=O)NC4(C)CC4)cc2n3-c2nnc(C(F)F)s2)CCN1C(=O)N(C)C. The van der Waals surface area contributed by atoms with E-state index in [1.54, 1.807) is 25.9 Å². The monoisotopic (exact) mass is 623 g/mol. The maximum atomic E-state index is 15.7. The van der Waals surface area contributed by atoms with Crippen LogP contribution in [0.25, 0.3) is 27.1 Å². The first-order valence-corrected chi connectivity index (χ1v) is 15.5. The number of benzene rings is 1. The molecule has 1 N–H and O–H groups in total. The highest BCUT2D eigenvalue weighted by atomic mass is 32.2. The normalized spacial score (nSPS) is 18.8. The van der Waals surface area contributed by atoms with Gasteiger partial charge in [-0.2, -0.15) is 0 Å². The Balaban J connectivity index is 1.54. The zero-order valence-electron chi connectivity index (χ0n) is 23.2. The second-order valence-electron chi connectivity index (χ2n) is 11.1. The maximum Gasteiger partial charge on any atom is 0.319 e. The van der Waals surface area contributed by atoms with Gasteiger partial charge in [-0.3, -0.25) is 4.57 Å². The summed E-state index contributed by atoms with van der Waals surface area (Å²) in [4.78, 5) is 26.1. The number of halogens is 3. The molecule has 224 valence electrons. The predicted octanol–water partition coefficient (Wildman–Crippen LogP) is 3.52. The second-order valence-corrected chi connectivity index (χ2v) is 13.7. The molecule has 1 aromatic carbocycles. The molecule has 42 heavy (non-hydrogen) atoms. The summed E-state index contributed by atoms with van der Waals surface area (Å²) in [5.41, 5.74) is -0.229. The van der Waals surface area contributed by atoms with E-state index in [9.17, 15) is 22.0 Å². The first-order chi connectivity index (χ1) is 19.8. The van der Waals surface area contributed by atoms with Crippen LogP contribution in [0.5, 0.6) is 0 Å². The van der Waals surface area contributed by atoms with Crippen molar-refractivity contribution in [3.05, 3.63) is 29.3 Å². The van der Waals surface area contributed by atoms with Crippen LogP contribution >= 0.6 is 11.3 Å². The lowest BCUT2D eigenvalue weighted by molar-refractivity contribution is 0.146. The first kappa shape index (κ1) is 28.5. The summed E-state index contributed by atoms with van der Waals surface area (Å²) in [6.45, 7) is 4.86. The Labute approximate surface area is 243 Å². The van der Waals surface area contributed by atoms with Crippen molar-refractivity contribution in [2.45, 2.75) is 49.6 Å². The van der Waals surface area contributed by atoms with Crippen LogP contribution in [0.2, 0.25) is 0 Å². The number of aromatic nitrogens is 5. The van der Waals surface area contributed by atoms with E-state index >= 15 is 4.39 Å². The van der Waals surface area contributed by atoms with Crippen LogP contribution in [0, 0.1) is 5.82 Å². The van der Waals surface area contributed by atoms with Gasteiger partial charge in [0.2, 0.25) is 15.2 Å². The van der Waals surface area contributed by atoms with Gasteiger partial charge in [0.25, 0.3) is 6.43 Å². The molecule has 2 amide bonds. The van der Waals surface area contributed by atoms with Crippen molar-refractivity contribution in [1.29, 1.82) is 0 Å². The number of carbonyl (C=O) groups excluding carboxylic acids is 1. The Morgan fingerprint density at radius 1 is 1.19 bits per heavy atom. The summed E-state index contributed by atoms with van der Waals surface area (Å²) >= 11 is 0.623. The number of anilines is 1. The Hall–Kier alpha value is -3.57. The van der Waals surface area contributed by atoms with Gasteiger partial charge < -0.3 is 14.7 Å². The molecule has 0 unspecified atom stereocenters. The molecule has 4 aromatic rings. The van der Waals surface area contributed by atoms with E-state index < -0.39 is 37.7 Å². The van der Waals surface area contributed by atoms with Gasteiger partial charge in [0.1, 0.15) is 22.9 Å². The molecular weight excluding hydrogens is 595 g/mol. The van der Waals surface area contributed by atoms with Crippen molar-refractivity contribution in [1.82, 2.24) is 39.3 Å². The molecule has 1 aliphatic carbocycles. The van der Waals surface area contributed by atoms with Gasteiger partial charge in [0, 0.05) is 50.7 Å². The average Bonchev–Trinajstić information content (AvgIpc) is 3.31. The fourth-order valence-electron chi connectivity index (χ4n) is 5.22. The highest BCUT2D eigenvalue weighted by molar-refractivity contribution is 7.89. The number of piperazine rings is 1. The number of rotatable bonds is 6. The van der Waals surface area contributed by atoms with Crippen molar-refractivity contribution in [3.63, 3.8) is 0 Å². The van der Waals surface area contributed by atoms with E-state index in [-0.39, 0.29) is 33.8 Å². The Morgan fingerprint density at radius 2 is 1.93 bits per heavy atom. The van der Waals surface area contributed by atoms with E-state index in [0.29, 0.717) is 55.0 Å². The van der Waals surface area contributed by atoms with Crippen molar-refractivity contribution in [3.8, 4) is 5.13 Å². The highest BCUT2D eigenvalue weighted by Gasteiger charge is 2.42. The number of nitrogens with one attached hydrogen (secondary N) is 1. The number of nitrogens with zero attached hydrogens (tertiary/aromatic N) is 8. The van der Waals surface area contributed by atoms with E-state index in [1.807, 2.05) is 11.8 Å². The molecule has 1 saturated heterocycles. The number of hydrogen-bond acceptors (Lipinski definition) is 9. The lowest BCUT2D eigenvalue weighted by atomic mass is 10.1. The highest BCUT2D eigenvalue weighted by Crippen LogP contribution is 2.41. The van der Waals surface area contributed by atoms with E-state index in [4.69, 9.17) is 0 Å². The number of urea groups is 1. The second kappa shape index (κ2) is 10.0. The first-order valence-electron chi connectivity index (χ1n) is 13.2. The summed E-state index contributed by atoms with van der Waals surface area (Å²) in [7, 11) is -0.898. The quantitative estimate of drug-likeness (QED) is 0.346. The molecule has 4 heterocycles. The van der Waals surface area contributed by atoms with Crippen LogP contribution in [-0.4, -0.2) is 94.3 Å². The van der Waals surface area contributed by atoms with Gasteiger partial charge in [-0.1, -0.05) is 11.3 Å². The van der Waals surface area contributed by atoms with Crippen molar-refractivity contribution < 1.29 is 26.4 Å². The molecule has 1 atom stereocenters. The lowest BCUT2D eigenvalue weighted by Crippen LogP contribution is -2.56. The molecule has 12 nitrogen and oxygen atoms in total. The Bertz CT molecular complexity index is 1820. The number of alkyl halides is 2. The van der Waals surface area contributed by atoms with E-state index in [0.717, 1.165) is 6.07 Å². The fraction of sp³-hybridized carbons (Fsp3) is 0.480. The molecule has 17 heteroatoms. The largest absolute Gasteiger partial charge is 0.352 e. The summed E-state index contributed by atoms with van der Waals surface area (Å²) < 4.78 is 73.0. The zero-order valence-corrected chi connectivity index (χ0v) is 24.8. The molecule has 0 radical (unpaired) electrons. The molecule has 6 rings (SSSR count). The summed E-state index contributed by atoms with van der Waals surface area (Å²) in [5.74, 6) is -0.543. The van der Waals surface area contributed by atoms with Crippen LogP contribution in [0.3, 0.4) is 0 Å². The van der Waals surface area contributed by atoms with Crippen LogP contribution in [-0.2, 0) is 10.0 Å². The third-order valence-corrected chi connectivity index (χ3v) is 10.2. The molecule has 0 spiro atoms. The van der Waals surface area contributed by atoms with Crippen LogP contribution in [0.15, 0.2) is 23.4 Å². The summed E-state index contributed by atoms with van der Waals surface area (Å²) in [5, 5.41) is 7.69. The number of sulfonamides is 1. The molecule has 0 bridgehead atoms. The average molecular weight is 624 g/mol. The summed E-state index contributed by atoms with van der Waals surface area (Å²) in [6.07, 6.45) is -0.313. The Morgan fingerprint density at radius 3 is 2.55 bits per heavy atom. The Kier molecular flexibility index (Phi) is 6.81. The molecule has 1 aliphatic heterocycles. The standard InChI is InChI=1S/C25H28F3N9O3S2/c1-13-11-35(7-8-36(13)24(38)34(3)4)20-18-14-9-15(26)17(42(39,40)33-25(2)5-6-25)10-16(14)37(21(18)30-12-29-20)23-32-31-22(41-23)19(27)28/h9-10,12-13,19,33H,5-8,11H2,1-4H3/t13-/m0/s1. The van der Waals surface area contributed by atoms with Gasteiger partial charge in [0.05, 0.1) is 10.9 Å². The smallest absolute Gasteiger partial charge is 0.319 e. The third kappa shape index (κ3) is 4.82. The third-order valence-electron chi connectivity index (χ3n) is 7.61. The molecular formula is C25H28F3N9O3S2. The van der Waals surface area contributed by atoms with Crippen molar-refractivity contribution >= 4 is 55.1 Å². The lowest BCUT2D eigenvalue weighted by Gasteiger charge is -2.41. The molecule has 2 fully saturated rings. The number of fused-ring (bicyclic) bond motifs is 3. The molecule has 1 saturated carbocycles. The van der Waals surface area contributed by atoms with Gasteiger partial charge in [-0.15, -0.1) is 10.2 Å². The van der Waals surface area contributed by atoms with Crippen LogP contribution < -0.4 is 9.62 Å². The molecule has 2 aliphatic rings. The number of carbonyl (C=O) groups is 1. The number of amides is 2. The number of hydrogen-bond donors (Lipinski definition) is 1.